The van der Waals surface area contributed by atoms with Crippen molar-refractivity contribution in [2.75, 3.05) is 13.1 Å². The molecule has 0 saturated carbocycles. The fraction of sp³-hybridized carbons (Fsp3) is 0.368. The summed E-state index contributed by atoms with van der Waals surface area (Å²) in [5.74, 6) is 0.594. The molecule has 0 radical (unpaired) electrons. The first-order chi connectivity index (χ1) is 10.7. The average Bonchev–Trinajstić information content (AvgIpc) is 2.56. The van der Waals surface area contributed by atoms with Crippen molar-refractivity contribution in [3.63, 3.8) is 0 Å². The monoisotopic (exact) mass is 294 g/mol. The molecule has 1 saturated heterocycles. The molecular formula is C19H22N2O. The van der Waals surface area contributed by atoms with Crippen molar-refractivity contribution in [3.8, 4) is 0 Å². The van der Waals surface area contributed by atoms with E-state index in [1.54, 1.807) is 0 Å². The number of benzene rings is 1. The third-order valence-electron chi connectivity index (χ3n) is 4.30. The Morgan fingerprint density at radius 2 is 2.00 bits per heavy atom. The molecule has 0 N–H and O–H groups in total. The zero-order chi connectivity index (χ0) is 15.4. The van der Waals surface area contributed by atoms with E-state index in [4.69, 9.17) is 0 Å². The maximum Gasteiger partial charge on any atom is 0.227 e. The van der Waals surface area contributed by atoms with Crippen LogP contribution in [0.5, 0.6) is 0 Å². The second-order valence-corrected chi connectivity index (χ2v) is 6.05. The van der Waals surface area contributed by atoms with Crippen LogP contribution in [-0.2, 0) is 11.2 Å². The Kier molecular flexibility index (Phi) is 4.52. The summed E-state index contributed by atoms with van der Waals surface area (Å²) in [5, 5.41) is 0. The molecule has 0 spiro atoms. The average molecular weight is 294 g/mol. The summed E-state index contributed by atoms with van der Waals surface area (Å²) in [6.45, 7) is 3.68. The number of piperidine rings is 1. The topological polar surface area (TPSA) is 33.2 Å². The van der Waals surface area contributed by atoms with Crippen LogP contribution in [0.1, 0.15) is 35.7 Å². The molecule has 0 aliphatic carbocycles. The van der Waals surface area contributed by atoms with Crippen LogP contribution in [0.3, 0.4) is 0 Å². The van der Waals surface area contributed by atoms with Crippen LogP contribution in [0, 0.1) is 6.92 Å². The molecular weight excluding hydrogens is 272 g/mol. The smallest absolute Gasteiger partial charge is 0.227 e. The van der Waals surface area contributed by atoms with Gasteiger partial charge in [0.15, 0.2) is 0 Å². The lowest BCUT2D eigenvalue weighted by Crippen LogP contribution is -2.40. The number of aryl methyl sites for hydroxylation is 1. The Morgan fingerprint density at radius 1 is 1.18 bits per heavy atom. The highest BCUT2D eigenvalue weighted by molar-refractivity contribution is 5.79. The summed E-state index contributed by atoms with van der Waals surface area (Å²) in [7, 11) is 0. The summed E-state index contributed by atoms with van der Waals surface area (Å²) < 4.78 is 0. The van der Waals surface area contributed by atoms with Crippen molar-refractivity contribution in [1.82, 2.24) is 9.88 Å². The second-order valence-electron chi connectivity index (χ2n) is 6.05. The number of carbonyl (C=O) groups is 1. The number of amides is 1. The SMILES string of the molecule is Cc1cccc([C@@H]2CCCN(C(=O)Cc3ccccc3)C2)n1. The van der Waals surface area contributed by atoms with Gasteiger partial charge in [-0.05, 0) is 37.5 Å². The van der Waals surface area contributed by atoms with Crippen LogP contribution in [0.2, 0.25) is 0 Å². The zero-order valence-corrected chi connectivity index (χ0v) is 13.0. The third-order valence-corrected chi connectivity index (χ3v) is 4.30. The Morgan fingerprint density at radius 3 is 2.77 bits per heavy atom. The molecule has 114 valence electrons. The minimum atomic E-state index is 0.226. The van der Waals surface area contributed by atoms with Gasteiger partial charge in [-0.3, -0.25) is 9.78 Å². The van der Waals surface area contributed by atoms with Gasteiger partial charge >= 0.3 is 0 Å². The van der Waals surface area contributed by atoms with Crippen LogP contribution in [-0.4, -0.2) is 28.9 Å². The lowest BCUT2D eigenvalue weighted by Gasteiger charge is -2.32. The molecule has 1 aromatic carbocycles. The third kappa shape index (κ3) is 3.53. The highest BCUT2D eigenvalue weighted by Crippen LogP contribution is 2.26. The van der Waals surface area contributed by atoms with Gasteiger partial charge in [0.25, 0.3) is 0 Å². The van der Waals surface area contributed by atoms with E-state index in [1.165, 1.54) is 0 Å². The molecule has 22 heavy (non-hydrogen) atoms. The fourth-order valence-corrected chi connectivity index (χ4v) is 3.12. The maximum atomic E-state index is 12.5. The van der Waals surface area contributed by atoms with Crippen LogP contribution >= 0.6 is 0 Å². The summed E-state index contributed by atoms with van der Waals surface area (Å²) in [5.41, 5.74) is 3.26. The first-order valence-electron chi connectivity index (χ1n) is 7.97. The van der Waals surface area contributed by atoms with Crippen LogP contribution < -0.4 is 0 Å². The van der Waals surface area contributed by atoms with Crippen molar-refractivity contribution >= 4 is 5.91 Å². The molecule has 1 fully saturated rings. The van der Waals surface area contributed by atoms with Crippen LogP contribution in [0.15, 0.2) is 48.5 Å². The molecule has 1 atom stereocenters. The first kappa shape index (κ1) is 14.8. The van der Waals surface area contributed by atoms with E-state index < -0.39 is 0 Å². The second kappa shape index (κ2) is 6.73. The molecule has 1 amide bonds. The minimum Gasteiger partial charge on any atom is -0.342 e. The molecule has 3 heteroatoms. The minimum absolute atomic E-state index is 0.226. The van der Waals surface area contributed by atoms with Crippen molar-refractivity contribution < 1.29 is 4.79 Å². The Balaban J connectivity index is 1.66. The van der Waals surface area contributed by atoms with Gasteiger partial charge in [0.1, 0.15) is 0 Å². The van der Waals surface area contributed by atoms with E-state index in [9.17, 15) is 4.79 Å². The van der Waals surface area contributed by atoms with Crippen LogP contribution in [0.25, 0.3) is 0 Å². The van der Waals surface area contributed by atoms with Gasteiger partial charge in [-0.25, -0.2) is 0 Å². The Labute approximate surface area is 132 Å². The number of aromatic nitrogens is 1. The molecule has 2 heterocycles. The largest absolute Gasteiger partial charge is 0.342 e. The van der Waals surface area contributed by atoms with Gasteiger partial charge in [-0.2, -0.15) is 0 Å². The zero-order valence-electron chi connectivity index (χ0n) is 13.0. The quantitative estimate of drug-likeness (QED) is 0.870. The van der Waals surface area contributed by atoms with Crippen molar-refractivity contribution in [2.24, 2.45) is 0 Å². The van der Waals surface area contributed by atoms with Gasteiger partial charge in [0, 0.05) is 30.4 Å². The predicted molar refractivity (Wildman–Crippen MR) is 87.7 cm³/mol. The Hall–Kier alpha value is -2.16. The van der Waals surface area contributed by atoms with E-state index in [-0.39, 0.29) is 5.91 Å². The van der Waals surface area contributed by atoms with Gasteiger partial charge in [0.05, 0.1) is 6.42 Å². The molecule has 0 unspecified atom stereocenters. The van der Waals surface area contributed by atoms with Gasteiger partial charge in [-0.15, -0.1) is 0 Å². The van der Waals surface area contributed by atoms with Crippen molar-refractivity contribution in [2.45, 2.75) is 32.1 Å². The van der Waals surface area contributed by atoms with E-state index in [2.05, 4.69) is 17.1 Å². The fourth-order valence-electron chi connectivity index (χ4n) is 3.12. The molecule has 2 aromatic rings. The predicted octanol–water partition coefficient (Wildman–Crippen LogP) is 3.34. The summed E-state index contributed by atoms with van der Waals surface area (Å²) >= 11 is 0. The van der Waals surface area contributed by atoms with E-state index >= 15 is 0 Å². The lowest BCUT2D eigenvalue weighted by atomic mass is 9.93. The van der Waals surface area contributed by atoms with E-state index in [0.717, 1.165) is 42.9 Å². The van der Waals surface area contributed by atoms with Crippen molar-refractivity contribution in [1.29, 1.82) is 0 Å². The standard InChI is InChI=1S/C19H22N2O/c1-15-7-5-11-18(20-15)17-10-6-12-21(14-17)19(22)13-16-8-3-2-4-9-16/h2-5,7-9,11,17H,6,10,12-14H2,1H3/t17-/m1/s1. The van der Waals surface area contributed by atoms with Crippen LogP contribution in [0.4, 0.5) is 0 Å². The normalized spacial score (nSPS) is 18.2. The molecule has 3 nitrogen and oxygen atoms in total. The van der Waals surface area contributed by atoms with E-state index in [0.29, 0.717) is 12.3 Å². The number of nitrogens with zero attached hydrogens (tertiary/aromatic N) is 2. The van der Waals surface area contributed by atoms with Gasteiger partial charge in [-0.1, -0.05) is 36.4 Å². The highest BCUT2D eigenvalue weighted by atomic mass is 16.2. The molecule has 1 aliphatic rings. The molecule has 0 bridgehead atoms. The summed E-state index contributed by atoms with van der Waals surface area (Å²) in [6.07, 6.45) is 2.67. The molecule has 3 rings (SSSR count). The number of rotatable bonds is 3. The lowest BCUT2D eigenvalue weighted by molar-refractivity contribution is -0.131. The number of hydrogen-bond acceptors (Lipinski definition) is 2. The number of pyridine rings is 1. The maximum absolute atomic E-state index is 12.5. The van der Waals surface area contributed by atoms with Crippen molar-refractivity contribution in [3.05, 3.63) is 65.5 Å². The Bertz CT molecular complexity index is 639. The first-order valence-corrected chi connectivity index (χ1v) is 7.97. The van der Waals surface area contributed by atoms with E-state index in [1.807, 2.05) is 48.2 Å². The number of hydrogen-bond donors (Lipinski definition) is 0. The van der Waals surface area contributed by atoms with Gasteiger partial charge in [0.2, 0.25) is 5.91 Å². The molecule has 1 aromatic heterocycles. The van der Waals surface area contributed by atoms with Gasteiger partial charge < -0.3 is 4.90 Å². The number of likely N-dealkylation sites (tertiary alicyclic amines) is 1. The highest BCUT2D eigenvalue weighted by Gasteiger charge is 2.25. The summed E-state index contributed by atoms with van der Waals surface area (Å²) in [6, 6.07) is 16.1. The number of carbonyl (C=O) groups excluding carboxylic acids is 1. The molecule has 1 aliphatic heterocycles. The summed E-state index contributed by atoms with van der Waals surface area (Å²) in [4.78, 5) is 19.2.